The maximum atomic E-state index is 13.1. The molecule has 1 heterocycles. The van der Waals surface area contributed by atoms with Gasteiger partial charge in [0, 0.05) is 30.0 Å². The molecule has 0 aromatic heterocycles. The van der Waals surface area contributed by atoms with Gasteiger partial charge in [-0.2, -0.15) is 0 Å². The molecule has 1 aliphatic heterocycles. The fraction of sp³-hybridized carbons (Fsp3) is 0.476. The smallest absolute Gasteiger partial charge is 0.167 e. The van der Waals surface area contributed by atoms with Gasteiger partial charge in [-0.3, -0.25) is 4.79 Å². The number of carbonyl (C=O) groups is 1. The molecule has 1 saturated carbocycles. The van der Waals surface area contributed by atoms with Gasteiger partial charge in [0.05, 0.1) is 0 Å². The lowest BCUT2D eigenvalue weighted by Gasteiger charge is -2.36. The molecule has 0 radical (unpaired) electrons. The number of benzene rings is 2. The third-order valence-electron chi connectivity index (χ3n) is 5.73. The second kappa shape index (κ2) is 6.21. The minimum atomic E-state index is 0.0901. The molecule has 3 heteroatoms. The zero-order chi connectivity index (χ0) is 16.7. The summed E-state index contributed by atoms with van der Waals surface area (Å²) < 4.78 is 0. The number of nitrogens with zero attached hydrogens (tertiary/aromatic N) is 1. The van der Waals surface area contributed by atoms with Gasteiger partial charge in [-0.25, -0.2) is 0 Å². The Morgan fingerprint density at radius 2 is 2.04 bits per heavy atom. The first-order chi connectivity index (χ1) is 11.6. The molecular formula is C21H25NO2. The van der Waals surface area contributed by atoms with E-state index in [2.05, 4.69) is 11.8 Å². The molecule has 3 nitrogen and oxygen atoms in total. The number of carbonyl (C=O) groups excluding carboxylic acids is 1. The number of Topliss-reactive ketones (excluding diaryl/α,β-unsaturated/α-hetero) is 1. The Balaban J connectivity index is 1.57. The van der Waals surface area contributed by atoms with Crippen molar-refractivity contribution in [3.8, 4) is 5.75 Å². The molecule has 1 aliphatic carbocycles. The molecule has 4 rings (SSSR count). The van der Waals surface area contributed by atoms with Gasteiger partial charge in [0.1, 0.15) is 5.75 Å². The number of piperidine rings is 1. The highest BCUT2D eigenvalue weighted by Gasteiger charge is 2.34. The van der Waals surface area contributed by atoms with E-state index < -0.39 is 0 Å². The Bertz CT molecular complexity index is 766. The second-order valence-corrected chi connectivity index (χ2v) is 7.65. The van der Waals surface area contributed by atoms with Gasteiger partial charge in [0.25, 0.3) is 0 Å². The summed E-state index contributed by atoms with van der Waals surface area (Å²) in [5, 5.41) is 11.7. The zero-order valence-electron chi connectivity index (χ0n) is 14.2. The Kier molecular flexibility index (Phi) is 4.05. The monoisotopic (exact) mass is 323 g/mol. The lowest BCUT2D eigenvalue weighted by molar-refractivity contribution is 0.0711. The van der Waals surface area contributed by atoms with Gasteiger partial charge >= 0.3 is 0 Å². The second-order valence-electron chi connectivity index (χ2n) is 7.65. The van der Waals surface area contributed by atoms with Crippen LogP contribution in [-0.4, -0.2) is 35.4 Å². The maximum Gasteiger partial charge on any atom is 0.167 e. The van der Waals surface area contributed by atoms with E-state index in [9.17, 15) is 9.90 Å². The highest BCUT2D eigenvalue weighted by molar-refractivity contribution is 6.02. The largest absolute Gasteiger partial charge is 0.507 e. The average molecular weight is 323 g/mol. The Hall–Kier alpha value is -1.87. The first kappa shape index (κ1) is 15.6. The zero-order valence-corrected chi connectivity index (χ0v) is 14.2. The average Bonchev–Trinajstić information content (AvgIpc) is 3.40. The lowest BCUT2D eigenvalue weighted by atomic mass is 9.81. The highest BCUT2D eigenvalue weighted by Crippen LogP contribution is 2.34. The van der Waals surface area contributed by atoms with Gasteiger partial charge < -0.3 is 10.0 Å². The molecule has 0 bridgehead atoms. The van der Waals surface area contributed by atoms with E-state index in [4.69, 9.17) is 0 Å². The number of rotatable bonds is 4. The summed E-state index contributed by atoms with van der Waals surface area (Å²) in [4.78, 5) is 15.6. The van der Waals surface area contributed by atoms with Crippen molar-refractivity contribution in [1.29, 1.82) is 0 Å². The molecule has 0 spiro atoms. The number of hydrogen-bond donors (Lipinski definition) is 1. The summed E-state index contributed by atoms with van der Waals surface area (Å²) in [5.41, 5.74) is 0.776. The topological polar surface area (TPSA) is 40.5 Å². The lowest BCUT2D eigenvalue weighted by Crippen LogP contribution is -2.43. The minimum Gasteiger partial charge on any atom is -0.507 e. The predicted molar refractivity (Wildman–Crippen MR) is 96.4 cm³/mol. The van der Waals surface area contributed by atoms with Crippen molar-refractivity contribution in [1.82, 2.24) is 4.90 Å². The maximum absolute atomic E-state index is 13.1. The fourth-order valence-electron chi connectivity index (χ4n) is 3.94. The van der Waals surface area contributed by atoms with Crippen molar-refractivity contribution in [2.45, 2.75) is 26.2 Å². The van der Waals surface area contributed by atoms with Gasteiger partial charge in [-0.15, -0.1) is 0 Å². The van der Waals surface area contributed by atoms with Crippen LogP contribution in [0.3, 0.4) is 0 Å². The van der Waals surface area contributed by atoms with Gasteiger partial charge in [-0.1, -0.05) is 25.1 Å². The molecule has 126 valence electrons. The molecule has 0 unspecified atom stereocenters. The predicted octanol–water partition coefficient (Wildman–Crippen LogP) is 4.10. The van der Waals surface area contributed by atoms with Crippen molar-refractivity contribution in [2.75, 3.05) is 19.6 Å². The quantitative estimate of drug-likeness (QED) is 0.861. The molecule has 1 N–H and O–H groups in total. The van der Waals surface area contributed by atoms with Crippen LogP contribution in [0.25, 0.3) is 10.8 Å². The number of phenolic OH excluding ortho intramolecular Hbond substituents is 1. The van der Waals surface area contributed by atoms with Crippen LogP contribution in [0.2, 0.25) is 0 Å². The minimum absolute atomic E-state index is 0.0901. The summed E-state index contributed by atoms with van der Waals surface area (Å²) in [7, 11) is 0. The van der Waals surface area contributed by atoms with E-state index in [0.717, 1.165) is 41.8 Å². The molecule has 1 saturated heterocycles. The van der Waals surface area contributed by atoms with Crippen molar-refractivity contribution < 1.29 is 9.90 Å². The summed E-state index contributed by atoms with van der Waals surface area (Å²) in [6, 6.07) is 11.1. The number of phenols is 1. The van der Waals surface area contributed by atoms with E-state index in [-0.39, 0.29) is 17.5 Å². The standard InChI is InChI=1S/C21H25NO2/c1-14-9-10-22(12-15-5-6-15)13-19(14)21(24)17-7-8-18-16(11-17)3-2-4-20(18)23/h2-4,7-8,11,14-15,19,23H,5-6,9-10,12-13H2,1H3/t14-,19+/m0/s1. The van der Waals surface area contributed by atoms with Crippen molar-refractivity contribution in [3.05, 3.63) is 42.0 Å². The third-order valence-corrected chi connectivity index (χ3v) is 5.73. The summed E-state index contributed by atoms with van der Waals surface area (Å²) in [5.74, 6) is 1.93. The van der Waals surface area contributed by atoms with Gasteiger partial charge in [-0.05, 0) is 61.2 Å². The molecular weight excluding hydrogens is 298 g/mol. The van der Waals surface area contributed by atoms with E-state index in [1.54, 1.807) is 6.07 Å². The molecule has 2 aromatic carbocycles. The third kappa shape index (κ3) is 3.05. The Morgan fingerprint density at radius 1 is 1.21 bits per heavy atom. The number of hydrogen-bond acceptors (Lipinski definition) is 3. The Morgan fingerprint density at radius 3 is 2.83 bits per heavy atom. The van der Waals surface area contributed by atoms with Crippen LogP contribution < -0.4 is 0 Å². The number of likely N-dealkylation sites (tertiary alicyclic amines) is 1. The van der Waals surface area contributed by atoms with E-state index in [1.165, 1.54) is 19.4 Å². The van der Waals surface area contributed by atoms with Crippen LogP contribution in [0.15, 0.2) is 36.4 Å². The molecule has 2 fully saturated rings. The van der Waals surface area contributed by atoms with E-state index >= 15 is 0 Å². The molecule has 0 amide bonds. The summed E-state index contributed by atoms with van der Waals surface area (Å²) in [6.45, 7) is 5.41. The molecule has 24 heavy (non-hydrogen) atoms. The number of fused-ring (bicyclic) bond motifs is 1. The first-order valence-electron chi connectivity index (χ1n) is 9.10. The Labute approximate surface area is 143 Å². The van der Waals surface area contributed by atoms with Crippen molar-refractivity contribution in [3.63, 3.8) is 0 Å². The van der Waals surface area contributed by atoms with Crippen molar-refractivity contribution in [2.24, 2.45) is 17.8 Å². The van der Waals surface area contributed by atoms with Crippen LogP contribution in [-0.2, 0) is 0 Å². The van der Waals surface area contributed by atoms with Crippen molar-refractivity contribution >= 4 is 16.6 Å². The van der Waals surface area contributed by atoms with E-state index in [0.29, 0.717) is 5.92 Å². The van der Waals surface area contributed by atoms with Gasteiger partial charge in [0.2, 0.25) is 0 Å². The van der Waals surface area contributed by atoms with Crippen LogP contribution in [0.4, 0.5) is 0 Å². The van der Waals surface area contributed by atoms with Gasteiger partial charge in [0.15, 0.2) is 5.78 Å². The number of aromatic hydroxyl groups is 1. The molecule has 2 aromatic rings. The van der Waals surface area contributed by atoms with Crippen LogP contribution in [0.1, 0.15) is 36.5 Å². The van der Waals surface area contributed by atoms with E-state index in [1.807, 2.05) is 30.3 Å². The summed E-state index contributed by atoms with van der Waals surface area (Å²) >= 11 is 0. The first-order valence-corrected chi connectivity index (χ1v) is 9.10. The molecule has 2 atom stereocenters. The SMILES string of the molecule is C[C@H]1CCN(CC2CC2)C[C@H]1C(=O)c1ccc2c(O)cccc2c1. The summed E-state index contributed by atoms with van der Waals surface area (Å²) in [6.07, 6.45) is 3.83. The fourth-order valence-corrected chi connectivity index (χ4v) is 3.94. The van der Waals surface area contributed by atoms with Crippen LogP contribution in [0.5, 0.6) is 5.75 Å². The van der Waals surface area contributed by atoms with Crippen LogP contribution >= 0.6 is 0 Å². The van der Waals surface area contributed by atoms with Crippen LogP contribution in [0, 0.1) is 17.8 Å². The normalized spacial score (nSPS) is 25.0. The highest BCUT2D eigenvalue weighted by atomic mass is 16.3. The molecule has 2 aliphatic rings. The number of ketones is 1.